The monoisotopic (exact) mass is 585 g/mol. The number of nitrogens with one attached hydrogen (secondary N) is 3. The molecule has 0 atom stereocenters. The minimum Gasteiger partial charge on any atom is -0.486 e. The highest BCUT2D eigenvalue weighted by atomic mass is 35.5. The normalized spacial score (nSPS) is 10.6. The molecule has 0 bridgehead atoms. The lowest BCUT2D eigenvalue weighted by Gasteiger charge is -2.08. The number of anilines is 2. The Morgan fingerprint density at radius 3 is 2.54 bits per heavy atom. The highest BCUT2D eigenvalue weighted by Gasteiger charge is 2.26. The summed E-state index contributed by atoms with van der Waals surface area (Å²) in [6.45, 7) is 3.69. The number of nitrogens with zero attached hydrogens (tertiary/aromatic N) is 2. The summed E-state index contributed by atoms with van der Waals surface area (Å²) in [6, 6.07) is 15.8. The molecule has 0 fully saturated rings. The van der Waals surface area contributed by atoms with Gasteiger partial charge in [-0.1, -0.05) is 41.6 Å². The fraction of sp³-hybridized carbons (Fsp3) is 0.192. The van der Waals surface area contributed by atoms with E-state index in [0.717, 1.165) is 23.1 Å². The first kappa shape index (κ1) is 28.1. The van der Waals surface area contributed by atoms with Gasteiger partial charge in [-0.15, -0.1) is 16.4 Å². The number of carbonyl (C=O) groups is 3. The summed E-state index contributed by atoms with van der Waals surface area (Å²) in [5.74, 6) is -0.314. The average molecular weight is 586 g/mol. The third-order valence-electron chi connectivity index (χ3n) is 5.15. The van der Waals surface area contributed by atoms with E-state index in [0.29, 0.717) is 33.0 Å². The number of hydrogen-bond donors (Lipinski definition) is 3. The van der Waals surface area contributed by atoms with Crippen molar-refractivity contribution in [3.05, 3.63) is 81.4 Å². The molecule has 4 rings (SSSR count). The van der Waals surface area contributed by atoms with E-state index in [2.05, 4.69) is 25.8 Å². The molecule has 0 aliphatic rings. The topological polar surface area (TPSA) is 135 Å². The molecule has 0 radical (unpaired) electrons. The number of para-hydroxylation sites is 1. The van der Waals surface area contributed by atoms with Gasteiger partial charge in [-0.25, -0.2) is 9.78 Å². The number of aromatic amines is 1. The van der Waals surface area contributed by atoms with Gasteiger partial charge >= 0.3 is 5.97 Å². The number of thioether (sulfide) groups is 1. The molecule has 2 heterocycles. The van der Waals surface area contributed by atoms with Crippen molar-refractivity contribution in [2.75, 3.05) is 23.0 Å². The fourth-order valence-corrected chi connectivity index (χ4v) is 5.22. The molecule has 0 aliphatic carbocycles. The summed E-state index contributed by atoms with van der Waals surface area (Å²) in [5.41, 5.74) is 1.21. The van der Waals surface area contributed by atoms with Crippen molar-refractivity contribution in [3.63, 3.8) is 0 Å². The Labute approximate surface area is 237 Å². The Morgan fingerprint density at radius 2 is 1.82 bits per heavy atom. The lowest BCUT2D eigenvalue weighted by Crippen LogP contribution is -2.18. The van der Waals surface area contributed by atoms with Gasteiger partial charge in [0, 0.05) is 10.7 Å². The van der Waals surface area contributed by atoms with Gasteiger partial charge in [0.1, 0.15) is 22.2 Å². The van der Waals surface area contributed by atoms with Crippen molar-refractivity contribution in [3.8, 4) is 5.75 Å². The molecule has 202 valence electrons. The number of thiophene rings is 1. The van der Waals surface area contributed by atoms with Crippen molar-refractivity contribution in [2.24, 2.45) is 0 Å². The predicted octanol–water partition coefficient (Wildman–Crippen LogP) is 5.57. The van der Waals surface area contributed by atoms with Crippen molar-refractivity contribution in [2.45, 2.75) is 25.6 Å². The fourth-order valence-electron chi connectivity index (χ4n) is 3.36. The van der Waals surface area contributed by atoms with E-state index in [-0.39, 0.29) is 34.4 Å². The Hall–Kier alpha value is -3.87. The van der Waals surface area contributed by atoms with Crippen molar-refractivity contribution in [1.82, 2.24) is 15.2 Å². The van der Waals surface area contributed by atoms with Crippen molar-refractivity contribution in [1.29, 1.82) is 0 Å². The second-order valence-electron chi connectivity index (χ2n) is 7.95. The van der Waals surface area contributed by atoms with Gasteiger partial charge in [0.05, 0.1) is 17.9 Å². The molecule has 13 heteroatoms. The van der Waals surface area contributed by atoms with E-state index < -0.39 is 17.8 Å². The van der Waals surface area contributed by atoms with Crippen LogP contribution in [0.15, 0.2) is 59.8 Å². The highest BCUT2D eigenvalue weighted by Crippen LogP contribution is 2.34. The first-order valence-electron chi connectivity index (χ1n) is 11.7. The minimum atomic E-state index is -0.558. The molecular weight excluding hydrogens is 562 g/mol. The standard InChI is InChI=1S/C26H24ClN5O5S2/c1-3-36-25(35)22-15(2)21(23(34)28-17-7-5-4-6-8-17)24(39-22)30-20(33)14-38-26-29-19(31-32-26)13-37-18-11-9-16(27)10-12-18/h4-12H,3,13-14H2,1-2H3,(H,28,34)(H,30,33)(H,29,31,32). The second-order valence-corrected chi connectivity index (χ2v) is 10.3. The van der Waals surface area contributed by atoms with Crippen LogP contribution in [0.5, 0.6) is 5.75 Å². The largest absolute Gasteiger partial charge is 0.486 e. The minimum absolute atomic E-state index is 0.0270. The maximum Gasteiger partial charge on any atom is 0.348 e. The molecule has 2 amide bonds. The molecule has 0 unspecified atom stereocenters. The summed E-state index contributed by atoms with van der Waals surface area (Å²) >= 11 is 7.98. The van der Waals surface area contributed by atoms with Crippen LogP contribution in [0.1, 0.15) is 38.3 Å². The quantitative estimate of drug-likeness (QED) is 0.154. The number of carbonyl (C=O) groups excluding carboxylic acids is 3. The Kier molecular flexibility index (Phi) is 9.58. The Morgan fingerprint density at radius 1 is 1.08 bits per heavy atom. The SMILES string of the molecule is CCOC(=O)c1sc(NC(=O)CSc2n[nH]c(COc3ccc(Cl)cc3)n2)c(C(=O)Nc2ccccc2)c1C. The average Bonchev–Trinajstić information content (AvgIpc) is 3.51. The molecule has 0 spiro atoms. The van der Waals surface area contributed by atoms with Crippen LogP contribution in [0, 0.1) is 6.92 Å². The van der Waals surface area contributed by atoms with Crippen LogP contribution in [0.3, 0.4) is 0 Å². The first-order chi connectivity index (χ1) is 18.8. The molecule has 0 saturated carbocycles. The van der Waals surface area contributed by atoms with E-state index in [1.165, 1.54) is 0 Å². The van der Waals surface area contributed by atoms with E-state index in [1.807, 2.05) is 6.07 Å². The van der Waals surface area contributed by atoms with Gasteiger partial charge in [-0.05, 0) is 55.8 Å². The van der Waals surface area contributed by atoms with Crippen molar-refractivity contribution >= 4 is 63.2 Å². The number of benzene rings is 2. The third kappa shape index (κ3) is 7.59. The Bertz CT molecular complexity index is 1460. The zero-order valence-electron chi connectivity index (χ0n) is 20.9. The predicted molar refractivity (Wildman–Crippen MR) is 151 cm³/mol. The van der Waals surface area contributed by atoms with Crippen molar-refractivity contribution < 1.29 is 23.9 Å². The maximum absolute atomic E-state index is 13.1. The van der Waals surface area contributed by atoms with Gasteiger partial charge in [-0.2, -0.15) is 0 Å². The number of rotatable bonds is 11. The number of H-pyrrole nitrogens is 1. The van der Waals surface area contributed by atoms with Gasteiger partial charge < -0.3 is 20.1 Å². The number of ether oxygens (including phenoxy) is 2. The third-order valence-corrected chi connectivity index (χ3v) is 7.44. The zero-order chi connectivity index (χ0) is 27.8. The lowest BCUT2D eigenvalue weighted by atomic mass is 10.1. The van der Waals surface area contributed by atoms with Crippen LogP contribution in [0.4, 0.5) is 10.7 Å². The van der Waals surface area contributed by atoms with E-state index in [9.17, 15) is 14.4 Å². The van der Waals surface area contributed by atoms with Crippen LogP contribution in [0.2, 0.25) is 5.02 Å². The number of esters is 1. The molecule has 0 aliphatic heterocycles. The maximum atomic E-state index is 13.1. The van der Waals surface area contributed by atoms with E-state index in [1.54, 1.807) is 62.4 Å². The molecule has 0 saturated heterocycles. The van der Waals surface area contributed by atoms with E-state index >= 15 is 0 Å². The number of hydrogen-bond acceptors (Lipinski definition) is 9. The molecule has 10 nitrogen and oxygen atoms in total. The lowest BCUT2D eigenvalue weighted by molar-refractivity contribution is -0.113. The molecule has 4 aromatic rings. The van der Waals surface area contributed by atoms with E-state index in [4.69, 9.17) is 21.1 Å². The van der Waals surface area contributed by atoms with Gasteiger partial charge in [0.2, 0.25) is 11.1 Å². The summed E-state index contributed by atoms with van der Waals surface area (Å²) in [6.07, 6.45) is 0. The molecule has 2 aromatic heterocycles. The van der Waals surface area contributed by atoms with Gasteiger partial charge in [-0.3, -0.25) is 14.7 Å². The summed E-state index contributed by atoms with van der Waals surface area (Å²) < 4.78 is 10.8. The van der Waals surface area contributed by atoms with Gasteiger partial charge in [0.15, 0.2) is 5.82 Å². The van der Waals surface area contributed by atoms with Crippen LogP contribution >= 0.6 is 34.7 Å². The number of amides is 2. The number of aromatic nitrogens is 3. The number of halogens is 1. The summed E-state index contributed by atoms with van der Waals surface area (Å²) in [5, 5.41) is 13.6. The molecule has 2 aromatic carbocycles. The van der Waals surface area contributed by atoms with Crippen LogP contribution in [-0.2, 0) is 16.1 Å². The smallest absolute Gasteiger partial charge is 0.348 e. The zero-order valence-corrected chi connectivity index (χ0v) is 23.3. The summed E-state index contributed by atoms with van der Waals surface area (Å²) in [4.78, 5) is 43.0. The van der Waals surface area contributed by atoms with Gasteiger partial charge in [0.25, 0.3) is 5.91 Å². The van der Waals surface area contributed by atoms with Crippen LogP contribution in [-0.4, -0.2) is 45.3 Å². The molecule has 3 N–H and O–H groups in total. The Balaban J connectivity index is 1.40. The van der Waals surface area contributed by atoms with Crippen LogP contribution < -0.4 is 15.4 Å². The molecular formula is C26H24ClN5O5S2. The highest BCUT2D eigenvalue weighted by molar-refractivity contribution is 7.99. The second kappa shape index (κ2) is 13.3. The summed E-state index contributed by atoms with van der Waals surface area (Å²) in [7, 11) is 0. The van der Waals surface area contributed by atoms with Crippen LogP contribution in [0.25, 0.3) is 0 Å². The molecule has 39 heavy (non-hydrogen) atoms. The first-order valence-corrected chi connectivity index (χ1v) is 13.9.